The summed E-state index contributed by atoms with van der Waals surface area (Å²) >= 11 is 5.23. The molecule has 2 N–H and O–H groups in total. The molecule has 0 aliphatic carbocycles. The van der Waals surface area contributed by atoms with E-state index in [0.29, 0.717) is 12.0 Å². The first-order valence-electron chi connectivity index (χ1n) is 6.60. The van der Waals surface area contributed by atoms with Gasteiger partial charge in [-0.1, -0.05) is 46.5 Å². The lowest BCUT2D eigenvalue weighted by molar-refractivity contribution is 0.535. The molecule has 2 nitrogen and oxygen atoms in total. The highest BCUT2D eigenvalue weighted by atomic mass is 32.1. The fourth-order valence-corrected chi connectivity index (χ4v) is 1.81. The number of unbranched alkanes of at least 4 members (excludes halogenated alkanes) is 3. The lowest BCUT2D eigenvalue weighted by atomic mass is 10.1. The van der Waals surface area contributed by atoms with Gasteiger partial charge in [0.2, 0.25) is 0 Å². The van der Waals surface area contributed by atoms with Crippen LogP contribution in [0.3, 0.4) is 0 Å². The van der Waals surface area contributed by atoms with Gasteiger partial charge in [-0.25, -0.2) is 0 Å². The molecule has 0 aromatic heterocycles. The molecule has 1 unspecified atom stereocenters. The van der Waals surface area contributed by atoms with Crippen LogP contribution in [0.15, 0.2) is 0 Å². The van der Waals surface area contributed by atoms with Crippen LogP contribution in [0, 0.1) is 5.92 Å². The van der Waals surface area contributed by atoms with Crippen molar-refractivity contribution in [1.29, 1.82) is 0 Å². The lowest BCUT2D eigenvalue weighted by Gasteiger charge is -2.17. The summed E-state index contributed by atoms with van der Waals surface area (Å²) in [7, 11) is 0. The van der Waals surface area contributed by atoms with Crippen molar-refractivity contribution in [2.75, 3.05) is 6.54 Å². The molecule has 0 bridgehead atoms. The molecule has 0 radical (unpaired) electrons. The van der Waals surface area contributed by atoms with Crippen LogP contribution in [0.2, 0.25) is 0 Å². The summed E-state index contributed by atoms with van der Waals surface area (Å²) in [4.78, 5) is 0. The zero-order chi connectivity index (χ0) is 12.4. The fraction of sp³-hybridized carbons (Fsp3) is 0.923. The number of rotatable bonds is 8. The highest BCUT2D eigenvalue weighted by Gasteiger charge is 2.03. The molecule has 0 saturated heterocycles. The van der Waals surface area contributed by atoms with Gasteiger partial charge in [-0.15, -0.1) is 0 Å². The van der Waals surface area contributed by atoms with Crippen molar-refractivity contribution in [2.24, 2.45) is 5.92 Å². The minimum atomic E-state index is 0.490. The molecule has 1 atom stereocenters. The normalized spacial score (nSPS) is 12.6. The molecule has 0 aliphatic heterocycles. The monoisotopic (exact) mass is 244 g/mol. The molecule has 0 amide bonds. The van der Waals surface area contributed by atoms with Crippen molar-refractivity contribution in [1.82, 2.24) is 10.6 Å². The molecule has 0 saturated carbocycles. The van der Waals surface area contributed by atoms with Gasteiger partial charge in [-0.3, -0.25) is 0 Å². The minimum absolute atomic E-state index is 0.490. The van der Waals surface area contributed by atoms with Crippen molar-refractivity contribution in [3.8, 4) is 0 Å². The molecule has 0 rings (SSSR count). The Balaban J connectivity index is 3.46. The van der Waals surface area contributed by atoms with E-state index < -0.39 is 0 Å². The molecule has 0 heterocycles. The summed E-state index contributed by atoms with van der Waals surface area (Å²) in [5.74, 6) is 0.639. The van der Waals surface area contributed by atoms with Gasteiger partial charge in [0, 0.05) is 12.6 Å². The van der Waals surface area contributed by atoms with Gasteiger partial charge in [0.05, 0.1) is 0 Å². The van der Waals surface area contributed by atoms with Crippen LogP contribution in [-0.2, 0) is 0 Å². The first-order chi connectivity index (χ1) is 7.56. The Morgan fingerprint density at radius 3 is 2.38 bits per heavy atom. The van der Waals surface area contributed by atoms with E-state index in [4.69, 9.17) is 12.2 Å². The van der Waals surface area contributed by atoms with E-state index in [0.717, 1.165) is 11.7 Å². The van der Waals surface area contributed by atoms with Crippen molar-refractivity contribution in [3.63, 3.8) is 0 Å². The van der Waals surface area contributed by atoms with Crippen LogP contribution < -0.4 is 10.6 Å². The van der Waals surface area contributed by atoms with Crippen molar-refractivity contribution < 1.29 is 0 Å². The summed E-state index contributed by atoms with van der Waals surface area (Å²) in [5, 5.41) is 7.37. The minimum Gasteiger partial charge on any atom is -0.362 e. The Hall–Kier alpha value is -0.310. The predicted octanol–water partition coefficient (Wildman–Crippen LogP) is 3.47. The third-order valence-corrected chi connectivity index (χ3v) is 2.80. The van der Waals surface area contributed by atoms with E-state index in [1.165, 1.54) is 32.1 Å². The van der Waals surface area contributed by atoms with Crippen LogP contribution in [0.1, 0.15) is 59.8 Å². The molecular formula is C13H28N2S. The topological polar surface area (TPSA) is 24.1 Å². The zero-order valence-electron chi connectivity index (χ0n) is 11.3. The average Bonchev–Trinajstić information content (AvgIpc) is 2.21. The Kier molecular flexibility index (Phi) is 9.69. The second-order valence-corrected chi connectivity index (χ2v) is 5.41. The molecule has 0 spiro atoms. The fourth-order valence-electron chi connectivity index (χ4n) is 1.52. The highest BCUT2D eigenvalue weighted by Crippen LogP contribution is 2.05. The molecule has 16 heavy (non-hydrogen) atoms. The van der Waals surface area contributed by atoms with Gasteiger partial charge < -0.3 is 10.6 Å². The maximum atomic E-state index is 5.23. The van der Waals surface area contributed by atoms with E-state index in [9.17, 15) is 0 Å². The Bertz CT molecular complexity index is 181. The second-order valence-electron chi connectivity index (χ2n) is 5.00. The Morgan fingerprint density at radius 1 is 1.12 bits per heavy atom. The van der Waals surface area contributed by atoms with E-state index in [-0.39, 0.29) is 0 Å². The van der Waals surface area contributed by atoms with Crippen LogP contribution in [0.4, 0.5) is 0 Å². The maximum absolute atomic E-state index is 5.23. The summed E-state index contributed by atoms with van der Waals surface area (Å²) in [6.45, 7) is 9.77. The smallest absolute Gasteiger partial charge is 0.166 e. The quantitative estimate of drug-likeness (QED) is 0.505. The van der Waals surface area contributed by atoms with E-state index in [2.05, 4.69) is 38.3 Å². The average molecular weight is 244 g/mol. The summed E-state index contributed by atoms with van der Waals surface area (Å²) in [6, 6.07) is 0.490. The lowest BCUT2D eigenvalue weighted by Crippen LogP contribution is -2.41. The standard InChI is InChI=1S/C13H28N2S/c1-5-6-7-8-9-12(4)15-13(16)14-10-11(2)3/h11-12H,5-10H2,1-4H3,(H2,14,15,16). The molecule has 0 aromatic rings. The molecular weight excluding hydrogens is 216 g/mol. The van der Waals surface area contributed by atoms with Crippen molar-refractivity contribution in [3.05, 3.63) is 0 Å². The van der Waals surface area contributed by atoms with Gasteiger partial charge >= 0.3 is 0 Å². The summed E-state index contributed by atoms with van der Waals surface area (Å²) in [6.07, 6.45) is 6.51. The first-order valence-corrected chi connectivity index (χ1v) is 7.01. The van der Waals surface area contributed by atoms with E-state index >= 15 is 0 Å². The third-order valence-electron chi connectivity index (χ3n) is 2.54. The summed E-state index contributed by atoms with van der Waals surface area (Å²) < 4.78 is 0. The number of hydrogen-bond acceptors (Lipinski definition) is 1. The van der Waals surface area contributed by atoms with Gasteiger partial charge in [0.25, 0.3) is 0 Å². The third kappa shape index (κ3) is 10.2. The van der Waals surface area contributed by atoms with Crippen molar-refractivity contribution in [2.45, 2.75) is 65.8 Å². The van der Waals surface area contributed by atoms with Gasteiger partial charge in [0.15, 0.2) is 5.11 Å². The second kappa shape index (κ2) is 9.88. The number of nitrogens with one attached hydrogen (secondary N) is 2. The van der Waals surface area contributed by atoms with Crippen LogP contribution in [-0.4, -0.2) is 17.7 Å². The van der Waals surface area contributed by atoms with Gasteiger partial charge in [0.1, 0.15) is 0 Å². The first kappa shape index (κ1) is 15.7. The van der Waals surface area contributed by atoms with Crippen LogP contribution in [0.5, 0.6) is 0 Å². The van der Waals surface area contributed by atoms with E-state index in [1.807, 2.05) is 0 Å². The van der Waals surface area contributed by atoms with Gasteiger partial charge in [-0.05, 0) is 31.5 Å². The number of thiocarbonyl (C=S) groups is 1. The molecule has 3 heteroatoms. The molecule has 0 aromatic carbocycles. The predicted molar refractivity (Wildman–Crippen MR) is 76.8 cm³/mol. The molecule has 0 aliphatic rings. The van der Waals surface area contributed by atoms with Crippen molar-refractivity contribution >= 4 is 17.3 Å². The number of hydrogen-bond donors (Lipinski definition) is 2. The Morgan fingerprint density at radius 2 is 1.81 bits per heavy atom. The molecule has 96 valence electrons. The van der Waals surface area contributed by atoms with Crippen LogP contribution >= 0.6 is 12.2 Å². The highest BCUT2D eigenvalue weighted by molar-refractivity contribution is 7.80. The Labute approximate surface area is 107 Å². The van der Waals surface area contributed by atoms with Crippen LogP contribution in [0.25, 0.3) is 0 Å². The maximum Gasteiger partial charge on any atom is 0.166 e. The van der Waals surface area contributed by atoms with Gasteiger partial charge in [-0.2, -0.15) is 0 Å². The molecule has 0 fully saturated rings. The SMILES string of the molecule is CCCCCCC(C)NC(=S)NCC(C)C. The largest absolute Gasteiger partial charge is 0.362 e. The van der Waals surface area contributed by atoms with E-state index in [1.54, 1.807) is 0 Å². The zero-order valence-corrected chi connectivity index (χ0v) is 12.1. The summed E-state index contributed by atoms with van der Waals surface area (Å²) in [5.41, 5.74) is 0.